The molecule has 0 amide bonds. The summed E-state index contributed by atoms with van der Waals surface area (Å²) in [6, 6.07) is 5.67. The number of carboxylic acid groups (broad SMARTS) is 1. The molecule has 0 aliphatic rings. The number of nitrogens with one attached hydrogen (secondary N) is 1. The van der Waals surface area contributed by atoms with Crippen LogP contribution >= 0.6 is 0 Å². The van der Waals surface area contributed by atoms with Crippen LogP contribution in [0.25, 0.3) is 11.4 Å². The van der Waals surface area contributed by atoms with Crippen LogP contribution in [0.5, 0.6) is 0 Å². The van der Waals surface area contributed by atoms with Crippen LogP contribution in [0.3, 0.4) is 0 Å². The summed E-state index contributed by atoms with van der Waals surface area (Å²) in [5.74, 6) is -0.772. The van der Waals surface area contributed by atoms with E-state index in [2.05, 4.69) is 9.97 Å². The van der Waals surface area contributed by atoms with Crippen molar-refractivity contribution in [2.24, 2.45) is 0 Å². The summed E-state index contributed by atoms with van der Waals surface area (Å²) >= 11 is 0. The number of aromatic nitrogens is 2. The maximum Gasteiger partial charge on any atom is 0.356 e. The van der Waals surface area contributed by atoms with E-state index in [4.69, 9.17) is 5.11 Å². The summed E-state index contributed by atoms with van der Waals surface area (Å²) in [5.41, 5.74) is 0.459. The maximum absolute atomic E-state index is 10.6. The Morgan fingerprint density at radius 2 is 2.00 bits per heavy atom. The molecule has 1 heterocycles. The Hall–Kier alpha value is -2.70. The molecule has 0 spiro atoms. The molecule has 1 aromatic carbocycles. The molecule has 2 aromatic rings. The van der Waals surface area contributed by atoms with E-state index in [1.807, 2.05) is 0 Å². The van der Waals surface area contributed by atoms with Crippen LogP contribution in [0, 0.1) is 10.1 Å². The predicted molar refractivity (Wildman–Crippen MR) is 57.6 cm³/mol. The molecule has 0 radical (unpaired) electrons. The molecule has 0 unspecified atom stereocenters. The normalized spacial score (nSPS) is 10.1. The van der Waals surface area contributed by atoms with E-state index in [0.717, 1.165) is 0 Å². The first-order valence-corrected chi connectivity index (χ1v) is 4.61. The first kappa shape index (κ1) is 10.8. The quantitative estimate of drug-likeness (QED) is 0.619. The van der Waals surface area contributed by atoms with Crippen molar-refractivity contribution in [3.63, 3.8) is 0 Å². The summed E-state index contributed by atoms with van der Waals surface area (Å²) in [6.07, 6.45) is 1.26. The van der Waals surface area contributed by atoms with Crippen LogP contribution in [0.4, 0.5) is 5.69 Å². The van der Waals surface area contributed by atoms with E-state index in [-0.39, 0.29) is 11.4 Å². The fourth-order valence-electron chi connectivity index (χ4n) is 1.32. The van der Waals surface area contributed by atoms with Crippen LogP contribution in [0.1, 0.15) is 10.5 Å². The van der Waals surface area contributed by atoms with Gasteiger partial charge in [-0.2, -0.15) is 0 Å². The van der Waals surface area contributed by atoms with Crippen molar-refractivity contribution < 1.29 is 14.8 Å². The second kappa shape index (κ2) is 4.05. The number of nitro benzene ring substituents is 1. The number of aromatic amines is 1. The Morgan fingerprint density at radius 3 is 2.47 bits per heavy atom. The Balaban J connectivity index is 2.33. The third-order valence-corrected chi connectivity index (χ3v) is 2.15. The molecule has 2 N–H and O–H groups in total. The van der Waals surface area contributed by atoms with Crippen LogP contribution in [0.2, 0.25) is 0 Å². The highest BCUT2D eigenvalue weighted by Crippen LogP contribution is 2.19. The molecule has 86 valence electrons. The van der Waals surface area contributed by atoms with Gasteiger partial charge in [0.1, 0.15) is 5.82 Å². The van der Waals surface area contributed by atoms with Gasteiger partial charge in [0, 0.05) is 23.9 Å². The highest BCUT2D eigenvalue weighted by Gasteiger charge is 2.10. The standard InChI is InChI=1S/C10H7N3O4/c14-10(15)8-5-11-9(12-8)6-1-3-7(4-2-6)13(16)17/h1-5H,(H,11,12)(H,14,15). The van der Waals surface area contributed by atoms with Gasteiger partial charge in [0.2, 0.25) is 0 Å². The Kier molecular flexibility index (Phi) is 2.57. The van der Waals surface area contributed by atoms with Gasteiger partial charge in [0.05, 0.1) is 4.92 Å². The minimum atomic E-state index is -1.13. The molecule has 0 aliphatic carbocycles. The van der Waals surface area contributed by atoms with Gasteiger partial charge in [-0.25, -0.2) is 9.78 Å². The Bertz CT molecular complexity index is 573. The van der Waals surface area contributed by atoms with Gasteiger partial charge in [-0.3, -0.25) is 10.1 Å². The SMILES string of the molecule is O=C(O)c1c[nH]c(-c2ccc([N+](=O)[O-])cc2)n1. The summed E-state index contributed by atoms with van der Waals surface area (Å²) in [7, 11) is 0. The number of rotatable bonds is 3. The molecule has 17 heavy (non-hydrogen) atoms. The molecular weight excluding hydrogens is 226 g/mol. The smallest absolute Gasteiger partial charge is 0.356 e. The molecule has 7 nitrogen and oxygen atoms in total. The zero-order valence-corrected chi connectivity index (χ0v) is 8.45. The minimum Gasteiger partial charge on any atom is -0.476 e. The van der Waals surface area contributed by atoms with Gasteiger partial charge >= 0.3 is 5.97 Å². The highest BCUT2D eigenvalue weighted by atomic mass is 16.6. The molecule has 7 heteroatoms. The monoisotopic (exact) mass is 233 g/mol. The van der Waals surface area contributed by atoms with Crippen LogP contribution in [-0.4, -0.2) is 26.0 Å². The van der Waals surface area contributed by atoms with E-state index in [9.17, 15) is 14.9 Å². The van der Waals surface area contributed by atoms with Gasteiger partial charge in [-0.05, 0) is 12.1 Å². The lowest BCUT2D eigenvalue weighted by Crippen LogP contribution is -1.95. The van der Waals surface area contributed by atoms with Crippen LogP contribution in [0.15, 0.2) is 30.5 Å². The van der Waals surface area contributed by atoms with Crippen molar-refractivity contribution >= 4 is 11.7 Å². The van der Waals surface area contributed by atoms with Gasteiger partial charge < -0.3 is 10.1 Å². The van der Waals surface area contributed by atoms with Crippen molar-refractivity contribution in [2.45, 2.75) is 0 Å². The third-order valence-electron chi connectivity index (χ3n) is 2.15. The number of carboxylic acids is 1. The minimum absolute atomic E-state index is 0.0289. The lowest BCUT2D eigenvalue weighted by molar-refractivity contribution is -0.384. The van der Waals surface area contributed by atoms with Gasteiger partial charge in [-0.1, -0.05) is 0 Å². The van der Waals surface area contributed by atoms with E-state index in [1.165, 1.54) is 30.5 Å². The number of H-pyrrole nitrogens is 1. The number of hydrogen-bond acceptors (Lipinski definition) is 4. The molecule has 0 bridgehead atoms. The van der Waals surface area contributed by atoms with Crippen molar-refractivity contribution in [3.8, 4) is 11.4 Å². The van der Waals surface area contributed by atoms with E-state index < -0.39 is 10.9 Å². The van der Waals surface area contributed by atoms with Crippen molar-refractivity contribution in [1.82, 2.24) is 9.97 Å². The summed E-state index contributed by atoms with van der Waals surface area (Å²) in [5, 5.41) is 19.1. The number of hydrogen-bond donors (Lipinski definition) is 2. The first-order chi connectivity index (χ1) is 8.08. The van der Waals surface area contributed by atoms with Gasteiger partial charge in [0.25, 0.3) is 5.69 Å². The van der Waals surface area contributed by atoms with Crippen LogP contribution < -0.4 is 0 Å². The predicted octanol–water partition coefficient (Wildman–Crippen LogP) is 1.68. The fraction of sp³-hybridized carbons (Fsp3) is 0. The zero-order chi connectivity index (χ0) is 12.4. The van der Waals surface area contributed by atoms with Crippen molar-refractivity contribution in [3.05, 3.63) is 46.3 Å². The van der Waals surface area contributed by atoms with E-state index in [0.29, 0.717) is 11.4 Å². The van der Waals surface area contributed by atoms with E-state index >= 15 is 0 Å². The number of benzene rings is 1. The molecule has 2 rings (SSSR count). The zero-order valence-electron chi connectivity index (χ0n) is 8.45. The number of imidazole rings is 1. The molecule has 0 aliphatic heterocycles. The maximum atomic E-state index is 10.6. The van der Waals surface area contributed by atoms with Crippen LogP contribution in [-0.2, 0) is 0 Å². The molecule has 0 saturated carbocycles. The average Bonchev–Trinajstić information content (AvgIpc) is 2.78. The van der Waals surface area contributed by atoms with Crippen molar-refractivity contribution in [2.75, 3.05) is 0 Å². The molecule has 0 atom stereocenters. The number of aromatic carboxylic acids is 1. The molecule has 0 saturated heterocycles. The van der Waals surface area contributed by atoms with E-state index in [1.54, 1.807) is 0 Å². The second-order valence-corrected chi connectivity index (χ2v) is 3.24. The van der Waals surface area contributed by atoms with Gasteiger partial charge in [-0.15, -0.1) is 0 Å². The number of non-ortho nitro benzene ring substituents is 1. The van der Waals surface area contributed by atoms with Crippen molar-refractivity contribution in [1.29, 1.82) is 0 Å². The average molecular weight is 233 g/mol. The Labute approximate surface area is 94.9 Å². The molecule has 0 fully saturated rings. The lowest BCUT2D eigenvalue weighted by Gasteiger charge is -1.95. The summed E-state index contributed by atoms with van der Waals surface area (Å²) < 4.78 is 0. The lowest BCUT2D eigenvalue weighted by atomic mass is 10.2. The molecule has 1 aromatic heterocycles. The highest BCUT2D eigenvalue weighted by molar-refractivity contribution is 5.85. The second-order valence-electron chi connectivity index (χ2n) is 3.24. The third kappa shape index (κ3) is 2.12. The number of nitro groups is 1. The Morgan fingerprint density at radius 1 is 1.35 bits per heavy atom. The largest absolute Gasteiger partial charge is 0.476 e. The summed E-state index contributed by atoms with van der Waals surface area (Å²) in [6.45, 7) is 0. The van der Waals surface area contributed by atoms with Gasteiger partial charge in [0.15, 0.2) is 5.69 Å². The summed E-state index contributed by atoms with van der Waals surface area (Å²) in [4.78, 5) is 27.1. The number of nitrogens with zero attached hydrogens (tertiary/aromatic N) is 2. The first-order valence-electron chi connectivity index (χ1n) is 4.61. The number of carbonyl (C=O) groups is 1. The molecular formula is C10H7N3O4. The topological polar surface area (TPSA) is 109 Å². The fourth-order valence-corrected chi connectivity index (χ4v) is 1.32.